The van der Waals surface area contributed by atoms with E-state index >= 15 is 0 Å². The Morgan fingerprint density at radius 2 is 1.68 bits per heavy atom. The first-order chi connectivity index (χ1) is 17.8. The summed E-state index contributed by atoms with van der Waals surface area (Å²) in [4.78, 5) is 48.0. The van der Waals surface area contributed by atoms with Crippen molar-refractivity contribution < 1.29 is 23.9 Å². The van der Waals surface area contributed by atoms with Crippen molar-refractivity contribution in [2.24, 2.45) is 5.92 Å². The summed E-state index contributed by atoms with van der Waals surface area (Å²) in [5.74, 6) is 0.0984. The summed E-state index contributed by atoms with van der Waals surface area (Å²) in [5.41, 5.74) is 3.49. The summed E-state index contributed by atoms with van der Waals surface area (Å²) < 4.78 is 5.38. The van der Waals surface area contributed by atoms with E-state index in [1.807, 2.05) is 38.2 Å². The SMILES string of the molecule is CNC1=C(C(=O)c2ccc(CNC(=O)COCCCC(=O)NCCCCC(C)C(C)=O)cc2)CCCC1. The third-order valence-electron chi connectivity index (χ3n) is 6.76. The van der Waals surface area contributed by atoms with Crippen LogP contribution in [0.2, 0.25) is 0 Å². The van der Waals surface area contributed by atoms with Crippen molar-refractivity contribution >= 4 is 23.4 Å². The Kier molecular flexibility index (Phi) is 13.6. The van der Waals surface area contributed by atoms with Gasteiger partial charge in [0.2, 0.25) is 11.8 Å². The molecule has 0 saturated heterocycles. The predicted octanol–water partition coefficient (Wildman–Crippen LogP) is 3.84. The second-order valence-corrected chi connectivity index (χ2v) is 9.73. The number of ketones is 2. The Morgan fingerprint density at radius 3 is 2.38 bits per heavy atom. The van der Waals surface area contributed by atoms with Crippen LogP contribution in [-0.4, -0.2) is 50.2 Å². The molecule has 0 radical (unpaired) electrons. The normalized spacial score (nSPS) is 14.1. The molecule has 0 bridgehead atoms. The van der Waals surface area contributed by atoms with Crippen LogP contribution in [-0.2, 0) is 25.7 Å². The molecule has 8 heteroatoms. The highest BCUT2D eigenvalue weighted by atomic mass is 16.5. The summed E-state index contributed by atoms with van der Waals surface area (Å²) in [5, 5.41) is 8.85. The van der Waals surface area contributed by atoms with Crippen LogP contribution in [0.5, 0.6) is 0 Å². The van der Waals surface area contributed by atoms with E-state index in [-0.39, 0.29) is 35.9 Å². The molecule has 0 fully saturated rings. The van der Waals surface area contributed by atoms with Crippen molar-refractivity contribution in [3.05, 3.63) is 46.7 Å². The van der Waals surface area contributed by atoms with E-state index in [9.17, 15) is 19.2 Å². The third kappa shape index (κ3) is 11.3. The van der Waals surface area contributed by atoms with Crippen LogP contribution in [0.4, 0.5) is 0 Å². The molecule has 2 amide bonds. The largest absolute Gasteiger partial charge is 0.391 e. The molecule has 0 saturated carbocycles. The van der Waals surface area contributed by atoms with Gasteiger partial charge in [-0.15, -0.1) is 0 Å². The van der Waals surface area contributed by atoms with Gasteiger partial charge in [0.1, 0.15) is 12.4 Å². The average molecular weight is 514 g/mol. The minimum absolute atomic E-state index is 0.0310. The van der Waals surface area contributed by atoms with Crippen LogP contribution >= 0.6 is 0 Å². The van der Waals surface area contributed by atoms with Crippen molar-refractivity contribution in [1.82, 2.24) is 16.0 Å². The predicted molar refractivity (Wildman–Crippen MR) is 144 cm³/mol. The Labute approximate surface area is 221 Å². The number of Topliss-reactive ketones (excluding diaryl/α,β-unsaturated/α-hetero) is 2. The summed E-state index contributed by atoms with van der Waals surface area (Å²) in [6, 6.07) is 7.35. The van der Waals surface area contributed by atoms with Gasteiger partial charge in [-0.3, -0.25) is 19.2 Å². The third-order valence-corrected chi connectivity index (χ3v) is 6.76. The Bertz CT molecular complexity index is 939. The lowest BCUT2D eigenvalue weighted by Gasteiger charge is -2.19. The van der Waals surface area contributed by atoms with Gasteiger partial charge in [-0.1, -0.05) is 37.6 Å². The topological polar surface area (TPSA) is 114 Å². The molecule has 1 aliphatic carbocycles. The second-order valence-electron chi connectivity index (χ2n) is 9.73. The molecule has 0 aromatic heterocycles. The van der Waals surface area contributed by atoms with Gasteiger partial charge in [-0.25, -0.2) is 0 Å². The fourth-order valence-electron chi connectivity index (χ4n) is 4.23. The molecule has 1 aromatic rings. The zero-order valence-corrected chi connectivity index (χ0v) is 22.6. The number of hydrogen-bond acceptors (Lipinski definition) is 6. The molecule has 3 N–H and O–H groups in total. The van der Waals surface area contributed by atoms with Gasteiger partial charge in [0.25, 0.3) is 0 Å². The highest BCUT2D eigenvalue weighted by Gasteiger charge is 2.19. The molecular formula is C29H43N3O5. The minimum atomic E-state index is -0.226. The molecule has 1 aromatic carbocycles. The highest BCUT2D eigenvalue weighted by Crippen LogP contribution is 2.26. The van der Waals surface area contributed by atoms with Gasteiger partial charge in [0, 0.05) is 55.9 Å². The molecular weight excluding hydrogens is 470 g/mol. The number of rotatable bonds is 17. The lowest BCUT2D eigenvalue weighted by molar-refractivity contribution is -0.126. The molecule has 0 aliphatic heterocycles. The fraction of sp³-hybridized carbons (Fsp3) is 0.586. The van der Waals surface area contributed by atoms with Gasteiger partial charge >= 0.3 is 0 Å². The maximum absolute atomic E-state index is 12.9. The Morgan fingerprint density at radius 1 is 0.946 bits per heavy atom. The van der Waals surface area contributed by atoms with Crippen molar-refractivity contribution in [3.63, 3.8) is 0 Å². The van der Waals surface area contributed by atoms with Crippen molar-refractivity contribution in [3.8, 4) is 0 Å². The number of nitrogens with one attached hydrogen (secondary N) is 3. The molecule has 1 aliphatic rings. The first-order valence-electron chi connectivity index (χ1n) is 13.5. The van der Waals surface area contributed by atoms with E-state index in [0.717, 1.165) is 61.8 Å². The molecule has 0 spiro atoms. The lowest BCUT2D eigenvalue weighted by atomic mass is 9.90. The number of allylic oxidation sites excluding steroid dienone is 2. The van der Waals surface area contributed by atoms with Crippen molar-refractivity contribution in [2.45, 2.75) is 78.2 Å². The van der Waals surface area contributed by atoms with Crippen LogP contribution in [0, 0.1) is 5.92 Å². The summed E-state index contributed by atoms with van der Waals surface area (Å²) in [7, 11) is 1.87. The highest BCUT2D eigenvalue weighted by molar-refractivity contribution is 6.09. The molecule has 8 nitrogen and oxygen atoms in total. The Hall–Kier alpha value is -3.00. The van der Waals surface area contributed by atoms with Crippen LogP contribution in [0.25, 0.3) is 0 Å². The van der Waals surface area contributed by atoms with Gasteiger partial charge < -0.3 is 20.7 Å². The Balaban J connectivity index is 1.56. The van der Waals surface area contributed by atoms with Crippen LogP contribution < -0.4 is 16.0 Å². The van der Waals surface area contributed by atoms with Gasteiger partial charge in [-0.05, 0) is 57.4 Å². The van der Waals surface area contributed by atoms with Gasteiger partial charge in [0.15, 0.2) is 5.78 Å². The number of carbonyl (C=O) groups excluding carboxylic acids is 4. The smallest absolute Gasteiger partial charge is 0.246 e. The second kappa shape index (κ2) is 16.7. The maximum Gasteiger partial charge on any atom is 0.246 e. The standard InChI is InChI=1S/C29H43N3O5/c1-21(22(2)33)9-6-7-17-31-27(34)12-8-18-37-20-28(35)32-19-23-13-15-24(16-14-23)29(36)25-10-4-5-11-26(25)30-3/h13-16,21,30H,4-12,17-20H2,1-3H3,(H,31,34)(H,32,35). The van der Waals surface area contributed by atoms with E-state index in [0.29, 0.717) is 38.1 Å². The van der Waals surface area contributed by atoms with E-state index in [2.05, 4.69) is 16.0 Å². The number of carbonyl (C=O) groups is 4. The molecule has 204 valence electrons. The molecule has 37 heavy (non-hydrogen) atoms. The first-order valence-corrected chi connectivity index (χ1v) is 13.5. The summed E-state index contributed by atoms with van der Waals surface area (Å²) in [6.07, 6.45) is 7.38. The van der Waals surface area contributed by atoms with E-state index in [1.54, 1.807) is 6.92 Å². The molecule has 1 atom stereocenters. The van der Waals surface area contributed by atoms with Gasteiger partial charge in [0.05, 0.1) is 0 Å². The minimum Gasteiger partial charge on any atom is -0.391 e. The van der Waals surface area contributed by atoms with Crippen LogP contribution in [0.1, 0.15) is 87.6 Å². The van der Waals surface area contributed by atoms with Crippen molar-refractivity contribution in [2.75, 3.05) is 26.8 Å². The summed E-state index contributed by atoms with van der Waals surface area (Å²) in [6.45, 7) is 4.77. The number of ether oxygens (including phenoxy) is 1. The first kappa shape index (κ1) is 30.2. The van der Waals surface area contributed by atoms with Crippen LogP contribution in [0.15, 0.2) is 35.5 Å². The molecule has 2 rings (SSSR count). The van der Waals surface area contributed by atoms with E-state index < -0.39 is 0 Å². The number of benzene rings is 1. The number of hydrogen-bond donors (Lipinski definition) is 3. The lowest BCUT2D eigenvalue weighted by Crippen LogP contribution is -2.28. The van der Waals surface area contributed by atoms with E-state index in [1.165, 1.54) is 0 Å². The quantitative estimate of drug-likeness (QED) is 0.215. The van der Waals surface area contributed by atoms with Gasteiger partial charge in [-0.2, -0.15) is 0 Å². The average Bonchev–Trinajstić information content (AvgIpc) is 2.91. The zero-order valence-electron chi connectivity index (χ0n) is 22.6. The molecule has 1 unspecified atom stereocenters. The van der Waals surface area contributed by atoms with E-state index in [4.69, 9.17) is 4.74 Å². The monoisotopic (exact) mass is 513 g/mol. The van der Waals surface area contributed by atoms with Crippen LogP contribution in [0.3, 0.4) is 0 Å². The number of unbranched alkanes of at least 4 members (excludes halogenated alkanes) is 1. The maximum atomic E-state index is 12.9. The summed E-state index contributed by atoms with van der Waals surface area (Å²) >= 11 is 0. The zero-order chi connectivity index (χ0) is 27.0. The number of amides is 2. The van der Waals surface area contributed by atoms with Crippen molar-refractivity contribution in [1.29, 1.82) is 0 Å². The molecule has 0 heterocycles. The fourth-order valence-corrected chi connectivity index (χ4v) is 4.23.